The Hall–Kier alpha value is -2.53. The van der Waals surface area contributed by atoms with Crippen LogP contribution in [0.3, 0.4) is 0 Å². The van der Waals surface area contributed by atoms with Crippen molar-refractivity contribution in [3.63, 3.8) is 0 Å². The highest BCUT2D eigenvalue weighted by Crippen LogP contribution is 2.40. The van der Waals surface area contributed by atoms with Gasteiger partial charge in [0, 0.05) is 35.4 Å². The van der Waals surface area contributed by atoms with Crippen molar-refractivity contribution in [1.82, 2.24) is 4.98 Å². The normalized spacial score (nSPS) is 14.6. The Morgan fingerprint density at radius 3 is 2.16 bits per heavy atom. The summed E-state index contributed by atoms with van der Waals surface area (Å²) in [5.74, 6) is -1.16. The average molecular weight is 843 g/mol. The molecule has 3 heterocycles. The molecule has 236 valence electrons. The third kappa shape index (κ3) is 9.25. The van der Waals surface area contributed by atoms with Gasteiger partial charge in [-0.2, -0.15) is 0 Å². The first-order valence-corrected chi connectivity index (χ1v) is 16.7. The number of nitrogens with two attached hydrogens (primary N) is 1. The monoisotopic (exact) mass is 840 g/mol. The van der Waals surface area contributed by atoms with E-state index in [1.807, 2.05) is 0 Å². The first-order valence-electron chi connectivity index (χ1n) is 12.9. The Morgan fingerprint density at radius 1 is 1.02 bits per heavy atom. The van der Waals surface area contributed by atoms with E-state index in [1.165, 1.54) is 29.5 Å². The SMILES string of the molecule is CCOC(=O)C(N)=S.CCOC(=O)c1nc2c(s1)CCOc1cc(F)c(Br)cc1-2.O=C1c2cc(Br)c(F)cc2OCCC1Br. The minimum Gasteiger partial charge on any atom is -0.493 e. The van der Waals surface area contributed by atoms with E-state index < -0.39 is 23.6 Å². The molecule has 2 aliphatic rings. The molecule has 0 bridgehead atoms. The maximum Gasteiger partial charge on any atom is 0.367 e. The van der Waals surface area contributed by atoms with Gasteiger partial charge in [0.1, 0.15) is 23.1 Å². The molecule has 5 rings (SSSR count). The molecular weight excluding hydrogens is 818 g/mol. The van der Waals surface area contributed by atoms with E-state index in [9.17, 15) is 23.2 Å². The summed E-state index contributed by atoms with van der Waals surface area (Å²) in [5, 5.41) is 0.315. The first kappa shape index (κ1) is 35.9. The number of thiocarbonyl (C=S) groups is 1. The molecule has 0 saturated heterocycles. The Bertz CT molecular complexity index is 1570. The number of aromatic nitrogens is 1. The van der Waals surface area contributed by atoms with Crippen LogP contribution in [0.15, 0.2) is 33.2 Å². The van der Waals surface area contributed by atoms with Crippen molar-refractivity contribution in [3.8, 4) is 22.8 Å². The summed E-state index contributed by atoms with van der Waals surface area (Å²) < 4.78 is 47.7. The molecule has 0 radical (unpaired) electrons. The van der Waals surface area contributed by atoms with Crippen molar-refractivity contribution in [1.29, 1.82) is 0 Å². The van der Waals surface area contributed by atoms with E-state index in [4.69, 9.17) is 19.9 Å². The lowest BCUT2D eigenvalue weighted by Gasteiger charge is -2.07. The number of alkyl halides is 1. The molecule has 1 unspecified atom stereocenters. The number of fused-ring (bicyclic) bond motifs is 4. The number of ketones is 1. The van der Waals surface area contributed by atoms with Crippen molar-refractivity contribution in [3.05, 3.63) is 60.3 Å². The van der Waals surface area contributed by atoms with Gasteiger partial charge in [0.25, 0.3) is 0 Å². The lowest BCUT2D eigenvalue weighted by atomic mass is 10.1. The third-order valence-corrected chi connectivity index (χ3v) is 9.04. The second-order valence-electron chi connectivity index (χ2n) is 8.69. The van der Waals surface area contributed by atoms with Gasteiger partial charge in [-0.25, -0.2) is 23.4 Å². The van der Waals surface area contributed by atoms with Crippen LogP contribution >= 0.6 is 71.3 Å². The smallest absolute Gasteiger partial charge is 0.367 e. The van der Waals surface area contributed by atoms with Crippen LogP contribution in [0.4, 0.5) is 8.78 Å². The van der Waals surface area contributed by atoms with Gasteiger partial charge in [0.05, 0.1) is 51.5 Å². The number of carbonyl (C=O) groups is 3. The summed E-state index contributed by atoms with van der Waals surface area (Å²) in [6.45, 7) is 4.90. The summed E-state index contributed by atoms with van der Waals surface area (Å²) in [6, 6.07) is 5.66. The second-order valence-corrected chi connectivity index (χ2v) is 13.0. The largest absolute Gasteiger partial charge is 0.493 e. The van der Waals surface area contributed by atoms with E-state index in [0.29, 0.717) is 77.1 Å². The highest BCUT2D eigenvalue weighted by molar-refractivity contribution is 9.11. The molecule has 2 aliphatic heterocycles. The second kappa shape index (κ2) is 16.7. The number of rotatable bonds is 3. The number of benzene rings is 2. The average Bonchev–Trinajstić information content (AvgIpc) is 3.27. The molecule has 0 aliphatic carbocycles. The summed E-state index contributed by atoms with van der Waals surface area (Å²) in [5.41, 5.74) is 6.64. The number of esters is 2. The first-order chi connectivity index (χ1) is 20.9. The molecule has 16 heteroatoms. The highest BCUT2D eigenvalue weighted by Gasteiger charge is 2.26. The van der Waals surface area contributed by atoms with E-state index >= 15 is 0 Å². The maximum atomic E-state index is 13.6. The Labute approximate surface area is 286 Å². The lowest BCUT2D eigenvalue weighted by molar-refractivity contribution is -0.134. The quantitative estimate of drug-likeness (QED) is 0.168. The zero-order chi connectivity index (χ0) is 32.6. The predicted octanol–water partition coefficient (Wildman–Crippen LogP) is 6.98. The van der Waals surface area contributed by atoms with Crippen LogP contribution in [0.5, 0.6) is 11.5 Å². The standard InChI is InChI=1S/C14H11BrFNO3S.C10H7Br2FO2.C4H7NO2S/c1-2-19-14(18)13-17-12-7-5-8(15)9(16)6-10(7)20-4-3-11(12)21-13;11-6-1-2-15-9-4-8(13)7(12)3-5(9)10(6)14;1-2-7-4(6)3(5)8/h5-6H,2-4H2,1H3;3-4,6H,1-2H2;2H2,1H3,(H2,5,8). The molecule has 9 nitrogen and oxygen atoms in total. The van der Waals surface area contributed by atoms with Crippen LogP contribution < -0.4 is 15.2 Å². The molecule has 2 aromatic carbocycles. The van der Waals surface area contributed by atoms with Gasteiger partial charge in [-0.05, 0) is 57.8 Å². The molecule has 0 saturated carbocycles. The molecule has 44 heavy (non-hydrogen) atoms. The van der Waals surface area contributed by atoms with Crippen LogP contribution in [-0.4, -0.2) is 58.9 Å². The van der Waals surface area contributed by atoms with E-state index in [2.05, 4.69) is 69.7 Å². The number of thiazole rings is 1. The Morgan fingerprint density at radius 2 is 1.59 bits per heavy atom. The number of Topliss-reactive ketones (excluding diaryl/α,β-unsaturated/α-hetero) is 1. The number of hydrogen-bond donors (Lipinski definition) is 1. The molecule has 0 spiro atoms. The fraction of sp³-hybridized carbons (Fsp3) is 0.321. The zero-order valence-corrected chi connectivity index (χ0v) is 29.6. The van der Waals surface area contributed by atoms with E-state index in [1.54, 1.807) is 19.9 Å². The van der Waals surface area contributed by atoms with Gasteiger partial charge >= 0.3 is 11.9 Å². The summed E-state index contributed by atoms with van der Waals surface area (Å²) in [6.07, 6.45) is 1.22. The van der Waals surface area contributed by atoms with Crippen molar-refractivity contribution in [2.75, 3.05) is 26.4 Å². The zero-order valence-electron chi connectivity index (χ0n) is 23.2. The van der Waals surface area contributed by atoms with Crippen LogP contribution in [0.2, 0.25) is 0 Å². The predicted molar refractivity (Wildman–Crippen MR) is 175 cm³/mol. The minimum atomic E-state index is -0.609. The van der Waals surface area contributed by atoms with Gasteiger partial charge < -0.3 is 24.7 Å². The number of ether oxygens (including phenoxy) is 4. The number of carbonyl (C=O) groups excluding carboxylic acids is 3. The molecule has 0 fully saturated rings. The maximum absolute atomic E-state index is 13.6. The van der Waals surface area contributed by atoms with Crippen LogP contribution in [0.25, 0.3) is 11.3 Å². The van der Waals surface area contributed by atoms with E-state index in [0.717, 1.165) is 4.88 Å². The number of nitrogens with zero attached hydrogens (tertiary/aromatic N) is 1. The van der Waals surface area contributed by atoms with Crippen molar-refractivity contribution in [2.45, 2.75) is 31.5 Å². The minimum absolute atomic E-state index is 0.0665. The Balaban J connectivity index is 0.000000201. The molecule has 0 amide bonds. The molecule has 1 atom stereocenters. The van der Waals surface area contributed by atoms with Crippen LogP contribution in [0, 0.1) is 11.6 Å². The van der Waals surface area contributed by atoms with E-state index in [-0.39, 0.29) is 20.1 Å². The van der Waals surface area contributed by atoms with Gasteiger partial charge in [-0.3, -0.25) is 4.79 Å². The molecular formula is C28H25Br3F2N2O7S2. The topological polar surface area (TPSA) is 127 Å². The van der Waals surface area contributed by atoms with Crippen molar-refractivity contribution >= 4 is 94.1 Å². The van der Waals surface area contributed by atoms with Crippen LogP contribution in [0.1, 0.15) is 45.3 Å². The fourth-order valence-corrected chi connectivity index (χ4v) is 5.84. The fourth-order valence-electron chi connectivity index (χ4n) is 3.71. The molecule has 3 aromatic rings. The summed E-state index contributed by atoms with van der Waals surface area (Å²) >= 11 is 15.1. The third-order valence-electron chi connectivity index (χ3n) is 5.69. The number of hydrogen-bond acceptors (Lipinski definition) is 10. The lowest BCUT2D eigenvalue weighted by Crippen LogP contribution is -2.23. The van der Waals surface area contributed by atoms with Crippen molar-refractivity contribution < 1.29 is 42.1 Å². The van der Waals surface area contributed by atoms with Gasteiger partial charge in [-0.15, -0.1) is 11.3 Å². The molecule has 1 aromatic heterocycles. The van der Waals surface area contributed by atoms with Gasteiger partial charge in [-0.1, -0.05) is 28.1 Å². The summed E-state index contributed by atoms with van der Waals surface area (Å²) in [4.78, 5) is 38.7. The Kier molecular flexibility index (Phi) is 13.6. The highest BCUT2D eigenvalue weighted by atomic mass is 79.9. The van der Waals surface area contributed by atoms with Crippen LogP contribution in [-0.2, 0) is 20.7 Å². The van der Waals surface area contributed by atoms with Gasteiger partial charge in [0.15, 0.2) is 10.8 Å². The summed E-state index contributed by atoms with van der Waals surface area (Å²) in [7, 11) is 0. The molecule has 2 N–H and O–H groups in total. The van der Waals surface area contributed by atoms with Gasteiger partial charge in [0.2, 0.25) is 5.01 Å². The number of halogens is 5. The van der Waals surface area contributed by atoms with Crippen molar-refractivity contribution in [2.24, 2.45) is 5.73 Å².